The van der Waals surface area contributed by atoms with Gasteiger partial charge in [-0.2, -0.15) is 11.8 Å². The Morgan fingerprint density at radius 1 is 1.24 bits per heavy atom. The predicted octanol–water partition coefficient (Wildman–Crippen LogP) is 2.95. The van der Waals surface area contributed by atoms with Crippen LogP contribution in [0.4, 0.5) is 4.79 Å². The lowest BCUT2D eigenvalue weighted by Crippen LogP contribution is -2.51. The molecular weight excluding hydrogens is 288 g/mol. The Kier molecular flexibility index (Phi) is 9.30. The smallest absolute Gasteiger partial charge is 0.317 e. The minimum atomic E-state index is -0.837. The molecule has 1 saturated heterocycles. The SMILES string of the molecule is CCCCCCCCNC(=O)N1CCSCC1CC(=O)O. The van der Waals surface area contributed by atoms with E-state index in [1.807, 2.05) is 0 Å². The minimum Gasteiger partial charge on any atom is -0.481 e. The number of nitrogens with one attached hydrogen (secondary N) is 1. The van der Waals surface area contributed by atoms with Gasteiger partial charge in [-0.3, -0.25) is 4.79 Å². The fourth-order valence-corrected chi connectivity index (χ4v) is 3.56. The number of carbonyl (C=O) groups excluding carboxylic acids is 1. The lowest BCUT2D eigenvalue weighted by Gasteiger charge is -2.34. The molecular formula is C15H28N2O3S. The number of nitrogens with zero attached hydrogens (tertiary/aromatic N) is 1. The average Bonchev–Trinajstić information content (AvgIpc) is 2.46. The van der Waals surface area contributed by atoms with Gasteiger partial charge in [0, 0.05) is 24.6 Å². The molecule has 1 atom stereocenters. The second-order valence-electron chi connectivity index (χ2n) is 5.52. The summed E-state index contributed by atoms with van der Waals surface area (Å²) >= 11 is 1.72. The maximum absolute atomic E-state index is 12.1. The average molecular weight is 316 g/mol. The van der Waals surface area contributed by atoms with Crippen LogP contribution < -0.4 is 5.32 Å². The van der Waals surface area contributed by atoms with Crippen LogP contribution in [-0.4, -0.2) is 52.6 Å². The highest BCUT2D eigenvalue weighted by atomic mass is 32.2. The topological polar surface area (TPSA) is 69.6 Å². The van der Waals surface area contributed by atoms with Crippen LogP contribution in [0, 0.1) is 0 Å². The summed E-state index contributed by atoms with van der Waals surface area (Å²) in [6.07, 6.45) is 7.22. The highest BCUT2D eigenvalue weighted by Gasteiger charge is 2.28. The third kappa shape index (κ3) is 7.60. The summed E-state index contributed by atoms with van der Waals surface area (Å²) < 4.78 is 0. The number of carboxylic acid groups (broad SMARTS) is 1. The van der Waals surface area contributed by atoms with Crippen molar-refractivity contribution in [1.29, 1.82) is 0 Å². The normalized spacial score (nSPS) is 18.5. The summed E-state index contributed by atoms with van der Waals surface area (Å²) in [4.78, 5) is 24.7. The van der Waals surface area contributed by atoms with Crippen LogP contribution in [-0.2, 0) is 4.79 Å². The summed E-state index contributed by atoms with van der Waals surface area (Å²) in [6.45, 7) is 3.53. The molecule has 2 N–H and O–H groups in total. The summed E-state index contributed by atoms with van der Waals surface area (Å²) in [5.41, 5.74) is 0. The van der Waals surface area contributed by atoms with Gasteiger partial charge in [0.15, 0.2) is 0 Å². The summed E-state index contributed by atoms with van der Waals surface area (Å²) in [5, 5.41) is 11.8. The van der Waals surface area contributed by atoms with Crippen molar-refractivity contribution in [2.24, 2.45) is 0 Å². The molecule has 5 nitrogen and oxygen atoms in total. The second-order valence-corrected chi connectivity index (χ2v) is 6.67. The number of unbranched alkanes of at least 4 members (excludes halogenated alkanes) is 5. The van der Waals surface area contributed by atoms with Crippen molar-refractivity contribution in [2.75, 3.05) is 24.6 Å². The van der Waals surface area contributed by atoms with Gasteiger partial charge < -0.3 is 15.3 Å². The molecule has 0 aromatic rings. The number of thioether (sulfide) groups is 1. The van der Waals surface area contributed by atoms with E-state index in [2.05, 4.69) is 12.2 Å². The third-order valence-corrected chi connectivity index (χ3v) is 4.80. The summed E-state index contributed by atoms with van der Waals surface area (Å²) in [5.74, 6) is 0.772. The molecule has 0 radical (unpaired) electrons. The second kappa shape index (κ2) is 10.8. The van der Waals surface area contributed by atoms with Crippen LogP contribution in [0.25, 0.3) is 0 Å². The number of carboxylic acids is 1. The van der Waals surface area contributed by atoms with E-state index in [1.165, 1.54) is 25.7 Å². The van der Waals surface area contributed by atoms with Crippen LogP contribution >= 0.6 is 11.8 Å². The van der Waals surface area contributed by atoms with Crippen molar-refractivity contribution < 1.29 is 14.7 Å². The van der Waals surface area contributed by atoms with E-state index >= 15 is 0 Å². The van der Waals surface area contributed by atoms with Gasteiger partial charge in [-0.15, -0.1) is 0 Å². The Balaban J connectivity index is 2.21. The predicted molar refractivity (Wildman–Crippen MR) is 86.8 cm³/mol. The molecule has 1 aliphatic rings. The van der Waals surface area contributed by atoms with Gasteiger partial charge in [0.25, 0.3) is 0 Å². The Labute approximate surface area is 131 Å². The maximum atomic E-state index is 12.1. The van der Waals surface area contributed by atoms with Gasteiger partial charge in [-0.25, -0.2) is 4.79 Å². The molecule has 1 heterocycles. The highest BCUT2D eigenvalue weighted by molar-refractivity contribution is 7.99. The van der Waals surface area contributed by atoms with Crippen molar-refractivity contribution in [3.8, 4) is 0 Å². The number of urea groups is 1. The lowest BCUT2D eigenvalue weighted by molar-refractivity contribution is -0.137. The van der Waals surface area contributed by atoms with Crippen molar-refractivity contribution >= 4 is 23.8 Å². The van der Waals surface area contributed by atoms with Gasteiger partial charge in [-0.05, 0) is 6.42 Å². The Hall–Kier alpha value is -0.910. The molecule has 0 saturated carbocycles. The molecule has 0 aliphatic carbocycles. The van der Waals surface area contributed by atoms with E-state index in [0.717, 1.165) is 24.3 Å². The number of rotatable bonds is 9. The fraction of sp³-hybridized carbons (Fsp3) is 0.867. The first-order valence-electron chi connectivity index (χ1n) is 7.99. The number of hydrogen-bond donors (Lipinski definition) is 2. The van der Waals surface area contributed by atoms with Crippen LogP contribution in [0.5, 0.6) is 0 Å². The molecule has 1 unspecified atom stereocenters. The van der Waals surface area contributed by atoms with E-state index < -0.39 is 5.97 Å². The van der Waals surface area contributed by atoms with Gasteiger partial charge in [0.05, 0.1) is 12.5 Å². The molecule has 21 heavy (non-hydrogen) atoms. The molecule has 0 bridgehead atoms. The van der Waals surface area contributed by atoms with Crippen LogP contribution in [0.15, 0.2) is 0 Å². The molecule has 0 spiro atoms. The standard InChI is InChI=1S/C15H28N2O3S/c1-2-3-4-5-6-7-8-16-15(20)17-9-10-21-12-13(17)11-14(18)19/h13H,2-12H2,1H3,(H,16,20)(H,18,19). The first-order chi connectivity index (χ1) is 10.1. The molecule has 1 fully saturated rings. The minimum absolute atomic E-state index is 0.0391. The molecule has 1 aliphatic heterocycles. The monoisotopic (exact) mass is 316 g/mol. The van der Waals surface area contributed by atoms with Crippen LogP contribution in [0.3, 0.4) is 0 Å². The highest BCUT2D eigenvalue weighted by Crippen LogP contribution is 2.19. The zero-order valence-corrected chi connectivity index (χ0v) is 13.8. The number of aliphatic carboxylic acids is 1. The molecule has 6 heteroatoms. The van der Waals surface area contributed by atoms with Gasteiger partial charge >= 0.3 is 12.0 Å². The first kappa shape index (κ1) is 18.1. The summed E-state index contributed by atoms with van der Waals surface area (Å²) in [7, 11) is 0. The van der Waals surface area contributed by atoms with Crippen molar-refractivity contribution in [3.63, 3.8) is 0 Å². The van der Waals surface area contributed by atoms with E-state index in [1.54, 1.807) is 16.7 Å². The number of hydrogen-bond acceptors (Lipinski definition) is 3. The van der Waals surface area contributed by atoms with Crippen molar-refractivity contribution in [3.05, 3.63) is 0 Å². The fourth-order valence-electron chi connectivity index (χ4n) is 2.50. The molecule has 0 aromatic carbocycles. The third-order valence-electron chi connectivity index (χ3n) is 3.71. The maximum Gasteiger partial charge on any atom is 0.317 e. The van der Waals surface area contributed by atoms with Crippen LogP contribution in [0.1, 0.15) is 51.9 Å². The zero-order valence-electron chi connectivity index (χ0n) is 13.0. The van der Waals surface area contributed by atoms with E-state index in [-0.39, 0.29) is 18.5 Å². The quantitative estimate of drug-likeness (QED) is 0.642. The van der Waals surface area contributed by atoms with E-state index in [9.17, 15) is 9.59 Å². The van der Waals surface area contributed by atoms with Crippen LogP contribution in [0.2, 0.25) is 0 Å². The van der Waals surface area contributed by atoms with Gasteiger partial charge in [0.1, 0.15) is 0 Å². The zero-order chi connectivity index (χ0) is 15.5. The van der Waals surface area contributed by atoms with Crippen molar-refractivity contribution in [1.82, 2.24) is 10.2 Å². The molecule has 122 valence electrons. The van der Waals surface area contributed by atoms with E-state index in [0.29, 0.717) is 13.1 Å². The number of amides is 2. The van der Waals surface area contributed by atoms with Gasteiger partial charge in [-0.1, -0.05) is 39.0 Å². The lowest BCUT2D eigenvalue weighted by atomic mass is 10.1. The van der Waals surface area contributed by atoms with Gasteiger partial charge in [0.2, 0.25) is 0 Å². The van der Waals surface area contributed by atoms with E-state index in [4.69, 9.17) is 5.11 Å². The Morgan fingerprint density at radius 2 is 1.95 bits per heavy atom. The number of carbonyl (C=O) groups is 2. The molecule has 1 rings (SSSR count). The molecule has 2 amide bonds. The largest absolute Gasteiger partial charge is 0.481 e. The Bertz CT molecular complexity index is 326. The van der Waals surface area contributed by atoms with Crippen molar-refractivity contribution in [2.45, 2.75) is 57.9 Å². The Morgan fingerprint density at radius 3 is 2.67 bits per heavy atom. The molecule has 0 aromatic heterocycles. The summed E-state index contributed by atoms with van der Waals surface area (Å²) in [6, 6.07) is -0.277. The first-order valence-corrected chi connectivity index (χ1v) is 9.14.